The largest absolute Gasteiger partial charge is 0.357 e. The molecule has 0 amide bonds. The Balaban J connectivity index is 2.02. The van der Waals surface area contributed by atoms with Crippen molar-refractivity contribution in [2.24, 2.45) is 0 Å². The molecular weight excluding hydrogens is 260 g/mol. The third-order valence-corrected chi connectivity index (χ3v) is 3.32. The molecule has 0 atom stereocenters. The number of halogens is 1. The van der Waals surface area contributed by atoms with Gasteiger partial charge in [-0.15, -0.1) is 11.3 Å². The lowest BCUT2D eigenvalue weighted by atomic mass is 10.2. The van der Waals surface area contributed by atoms with Crippen LogP contribution in [-0.2, 0) is 6.54 Å². The molecule has 0 aliphatic carbocycles. The average Bonchev–Trinajstić information content (AvgIpc) is 2.69. The predicted molar refractivity (Wildman–Crippen MR) is 63.6 cm³/mol. The molecule has 1 heterocycles. The molecule has 1 aromatic heterocycles. The SMILES string of the molecule is Brc1ccccc1CNc1nccs1. The highest BCUT2D eigenvalue weighted by atomic mass is 79.9. The van der Waals surface area contributed by atoms with Crippen LogP contribution in [0.25, 0.3) is 0 Å². The second-order valence-electron chi connectivity index (χ2n) is 2.78. The number of nitrogens with one attached hydrogen (secondary N) is 1. The molecule has 72 valence electrons. The molecule has 1 aromatic carbocycles. The Hall–Kier alpha value is -0.870. The Morgan fingerprint density at radius 3 is 2.93 bits per heavy atom. The molecule has 0 saturated heterocycles. The molecule has 1 N–H and O–H groups in total. The fourth-order valence-electron chi connectivity index (χ4n) is 1.12. The van der Waals surface area contributed by atoms with Crippen molar-refractivity contribution in [2.45, 2.75) is 6.54 Å². The van der Waals surface area contributed by atoms with Crippen molar-refractivity contribution in [2.75, 3.05) is 5.32 Å². The molecule has 2 aromatic rings. The molecule has 0 spiro atoms. The summed E-state index contributed by atoms with van der Waals surface area (Å²) in [6.45, 7) is 0.801. The molecule has 14 heavy (non-hydrogen) atoms. The van der Waals surface area contributed by atoms with Gasteiger partial charge in [0.05, 0.1) is 0 Å². The highest BCUT2D eigenvalue weighted by molar-refractivity contribution is 9.10. The fraction of sp³-hybridized carbons (Fsp3) is 0.100. The Bertz CT molecular complexity index is 400. The van der Waals surface area contributed by atoms with Crippen molar-refractivity contribution in [1.29, 1.82) is 0 Å². The molecule has 0 unspecified atom stereocenters. The minimum atomic E-state index is 0.801. The van der Waals surface area contributed by atoms with Crippen LogP contribution in [0.1, 0.15) is 5.56 Å². The highest BCUT2D eigenvalue weighted by Crippen LogP contribution is 2.18. The predicted octanol–water partition coefficient (Wildman–Crippen LogP) is 3.52. The Morgan fingerprint density at radius 1 is 1.36 bits per heavy atom. The van der Waals surface area contributed by atoms with E-state index in [4.69, 9.17) is 0 Å². The number of rotatable bonds is 3. The van der Waals surface area contributed by atoms with Crippen LogP contribution in [0.3, 0.4) is 0 Å². The summed E-state index contributed by atoms with van der Waals surface area (Å²) in [5, 5.41) is 6.18. The van der Waals surface area contributed by atoms with E-state index in [2.05, 4.69) is 32.3 Å². The van der Waals surface area contributed by atoms with Crippen LogP contribution in [0.5, 0.6) is 0 Å². The lowest BCUT2D eigenvalue weighted by Gasteiger charge is -2.04. The first-order chi connectivity index (χ1) is 6.86. The van der Waals surface area contributed by atoms with E-state index in [-0.39, 0.29) is 0 Å². The zero-order chi connectivity index (χ0) is 9.80. The summed E-state index contributed by atoms with van der Waals surface area (Å²) >= 11 is 5.11. The molecule has 0 aliphatic heterocycles. The maximum atomic E-state index is 4.15. The van der Waals surface area contributed by atoms with Crippen LogP contribution in [0.4, 0.5) is 5.13 Å². The van der Waals surface area contributed by atoms with Gasteiger partial charge < -0.3 is 5.32 Å². The summed E-state index contributed by atoms with van der Waals surface area (Å²) in [6, 6.07) is 8.17. The molecule has 0 radical (unpaired) electrons. The lowest BCUT2D eigenvalue weighted by Crippen LogP contribution is -1.99. The number of aromatic nitrogens is 1. The number of benzene rings is 1. The smallest absolute Gasteiger partial charge is 0.182 e. The zero-order valence-corrected chi connectivity index (χ0v) is 9.81. The normalized spacial score (nSPS) is 10.1. The van der Waals surface area contributed by atoms with Gasteiger partial charge in [0.1, 0.15) is 0 Å². The average molecular weight is 269 g/mol. The monoisotopic (exact) mass is 268 g/mol. The Kier molecular flexibility index (Phi) is 3.16. The van der Waals surface area contributed by atoms with E-state index in [9.17, 15) is 0 Å². The summed E-state index contributed by atoms with van der Waals surface area (Å²) in [4.78, 5) is 4.15. The van der Waals surface area contributed by atoms with Gasteiger partial charge in [0.15, 0.2) is 5.13 Å². The van der Waals surface area contributed by atoms with Crippen LogP contribution in [-0.4, -0.2) is 4.98 Å². The van der Waals surface area contributed by atoms with E-state index >= 15 is 0 Å². The van der Waals surface area contributed by atoms with E-state index < -0.39 is 0 Å². The molecule has 2 nitrogen and oxygen atoms in total. The summed E-state index contributed by atoms with van der Waals surface area (Å²) in [6.07, 6.45) is 1.80. The van der Waals surface area contributed by atoms with Crippen molar-refractivity contribution in [1.82, 2.24) is 4.98 Å². The maximum Gasteiger partial charge on any atom is 0.182 e. The van der Waals surface area contributed by atoms with Crippen LogP contribution in [0.2, 0.25) is 0 Å². The van der Waals surface area contributed by atoms with E-state index in [0.717, 1.165) is 16.1 Å². The van der Waals surface area contributed by atoms with Gasteiger partial charge in [-0.1, -0.05) is 34.1 Å². The number of hydrogen-bond donors (Lipinski definition) is 1. The number of hydrogen-bond acceptors (Lipinski definition) is 3. The van der Waals surface area contributed by atoms with E-state index in [1.807, 2.05) is 23.6 Å². The van der Waals surface area contributed by atoms with Gasteiger partial charge in [0, 0.05) is 22.6 Å². The fourth-order valence-corrected chi connectivity index (χ4v) is 2.08. The van der Waals surface area contributed by atoms with E-state index in [0.29, 0.717) is 0 Å². The zero-order valence-electron chi connectivity index (χ0n) is 7.40. The van der Waals surface area contributed by atoms with Crippen LogP contribution in [0, 0.1) is 0 Å². The molecule has 0 aliphatic rings. The molecule has 0 saturated carbocycles. The van der Waals surface area contributed by atoms with Crippen molar-refractivity contribution in [3.63, 3.8) is 0 Å². The minimum absolute atomic E-state index is 0.801. The van der Waals surface area contributed by atoms with Crippen molar-refractivity contribution in [3.05, 3.63) is 45.9 Å². The Morgan fingerprint density at radius 2 is 2.21 bits per heavy atom. The third-order valence-electron chi connectivity index (χ3n) is 1.82. The first-order valence-electron chi connectivity index (χ1n) is 4.23. The van der Waals surface area contributed by atoms with Gasteiger partial charge >= 0.3 is 0 Å². The van der Waals surface area contributed by atoms with Crippen LogP contribution < -0.4 is 5.32 Å². The summed E-state index contributed by atoms with van der Waals surface area (Å²) < 4.78 is 1.13. The third kappa shape index (κ3) is 2.33. The lowest BCUT2D eigenvalue weighted by molar-refractivity contribution is 1.12. The minimum Gasteiger partial charge on any atom is -0.357 e. The van der Waals surface area contributed by atoms with Gasteiger partial charge in [-0.2, -0.15) is 0 Å². The van der Waals surface area contributed by atoms with Gasteiger partial charge in [0.25, 0.3) is 0 Å². The van der Waals surface area contributed by atoms with Crippen LogP contribution in [0.15, 0.2) is 40.3 Å². The Labute approximate surface area is 95.1 Å². The number of anilines is 1. The quantitative estimate of drug-likeness (QED) is 0.922. The van der Waals surface area contributed by atoms with Crippen LogP contribution >= 0.6 is 27.3 Å². The first kappa shape index (κ1) is 9.68. The van der Waals surface area contributed by atoms with Gasteiger partial charge in [-0.05, 0) is 11.6 Å². The van der Waals surface area contributed by atoms with E-state index in [1.54, 1.807) is 17.5 Å². The van der Waals surface area contributed by atoms with Crippen molar-refractivity contribution < 1.29 is 0 Å². The number of thiazole rings is 1. The second kappa shape index (κ2) is 4.57. The summed E-state index contributed by atoms with van der Waals surface area (Å²) in [7, 11) is 0. The van der Waals surface area contributed by atoms with Crippen molar-refractivity contribution >= 4 is 32.4 Å². The topological polar surface area (TPSA) is 24.9 Å². The number of nitrogens with zero attached hydrogens (tertiary/aromatic N) is 1. The van der Waals surface area contributed by atoms with Gasteiger partial charge in [0.2, 0.25) is 0 Å². The molecule has 4 heteroatoms. The van der Waals surface area contributed by atoms with Gasteiger partial charge in [-0.25, -0.2) is 4.98 Å². The molecule has 0 bridgehead atoms. The summed E-state index contributed by atoms with van der Waals surface area (Å²) in [5.74, 6) is 0. The van der Waals surface area contributed by atoms with Gasteiger partial charge in [-0.3, -0.25) is 0 Å². The molecule has 2 rings (SSSR count). The summed E-state index contributed by atoms with van der Waals surface area (Å²) in [5.41, 5.74) is 1.24. The molecule has 0 fully saturated rings. The first-order valence-corrected chi connectivity index (χ1v) is 5.90. The maximum absolute atomic E-state index is 4.15. The standard InChI is InChI=1S/C10H9BrN2S/c11-9-4-2-1-3-8(9)7-13-10-12-5-6-14-10/h1-6H,7H2,(H,12,13). The van der Waals surface area contributed by atoms with Crippen molar-refractivity contribution in [3.8, 4) is 0 Å². The molecular formula is C10H9BrN2S. The van der Waals surface area contributed by atoms with E-state index in [1.165, 1.54) is 5.56 Å². The highest BCUT2D eigenvalue weighted by Gasteiger charge is 1.98. The second-order valence-corrected chi connectivity index (χ2v) is 4.53.